The number of amides is 1. The molecule has 12 heteroatoms. The van der Waals surface area contributed by atoms with Crippen molar-refractivity contribution in [1.82, 2.24) is 9.99 Å². The molecule has 0 bridgehead atoms. The maximum absolute atomic E-state index is 13.5. The standard InChI is InChI=1S/C27H24ClN5O5S/c1-19-16-21(20(2)32(19)23-14-12-22(28)13-15-23)17-29-30-27(34)18-31(25-10-6-7-11-26(25)33(35)36)39(37,38)24-8-4-3-5-9-24/h3-17H,18H2,1-2H3,(H,30,34)/b29-17+. The van der Waals surface area contributed by atoms with Crippen LogP contribution in [-0.2, 0) is 14.8 Å². The summed E-state index contributed by atoms with van der Waals surface area (Å²) in [4.78, 5) is 23.7. The lowest BCUT2D eigenvalue weighted by molar-refractivity contribution is -0.384. The van der Waals surface area contributed by atoms with Crippen LogP contribution in [-0.4, -0.2) is 36.6 Å². The molecule has 0 fully saturated rings. The van der Waals surface area contributed by atoms with Crippen molar-refractivity contribution in [2.75, 3.05) is 10.8 Å². The third kappa shape index (κ3) is 6.00. The predicted molar refractivity (Wildman–Crippen MR) is 150 cm³/mol. The fraction of sp³-hybridized carbons (Fsp3) is 0.111. The molecule has 1 N–H and O–H groups in total. The topological polar surface area (TPSA) is 127 Å². The van der Waals surface area contributed by atoms with Crippen LogP contribution in [0.25, 0.3) is 5.69 Å². The molecule has 0 radical (unpaired) electrons. The fourth-order valence-electron chi connectivity index (χ4n) is 4.09. The van der Waals surface area contributed by atoms with Crippen LogP contribution in [0, 0.1) is 24.0 Å². The Morgan fingerprint density at radius 1 is 1.05 bits per heavy atom. The maximum Gasteiger partial charge on any atom is 0.293 e. The largest absolute Gasteiger partial charge is 0.318 e. The van der Waals surface area contributed by atoms with Crippen LogP contribution in [0.2, 0.25) is 5.02 Å². The van der Waals surface area contributed by atoms with Gasteiger partial charge in [-0.25, -0.2) is 18.1 Å². The van der Waals surface area contributed by atoms with Crippen molar-refractivity contribution < 1.29 is 18.1 Å². The molecule has 0 aliphatic rings. The Kier molecular flexibility index (Phi) is 8.12. The van der Waals surface area contributed by atoms with Crippen LogP contribution < -0.4 is 9.73 Å². The number of nitrogens with zero attached hydrogens (tertiary/aromatic N) is 4. The first-order valence-electron chi connectivity index (χ1n) is 11.7. The van der Waals surface area contributed by atoms with Gasteiger partial charge in [0.15, 0.2) is 0 Å². The van der Waals surface area contributed by atoms with Crippen LogP contribution in [0.3, 0.4) is 0 Å². The third-order valence-electron chi connectivity index (χ3n) is 5.91. The summed E-state index contributed by atoms with van der Waals surface area (Å²) in [6.07, 6.45) is 1.45. The number of para-hydroxylation sites is 2. The molecule has 0 saturated heterocycles. The van der Waals surface area contributed by atoms with Gasteiger partial charge in [0.25, 0.3) is 21.6 Å². The van der Waals surface area contributed by atoms with E-state index < -0.39 is 33.1 Å². The van der Waals surface area contributed by atoms with Crippen molar-refractivity contribution in [3.05, 3.63) is 117 Å². The average molecular weight is 566 g/mol. The predicted octanol–water partition coefficient (Wildman–Crippen LogP) is 5.00. The number of sulfonamides is 1. The zero-order valence-corrected chi connectivity index (χ0v) is 22.6. The Hall–Kier alpha value is -4.48. The van der Waals surface area contributed by atoms with E-state index in [2.05, 4.69) is 10.5 Å². The Morgan fingerprint density at radius 3 is 2.36 bits per heavy atom. The van der Waals surface area contributed by atoms with Gasteiger partial charge >= 0.3 is 0 Å². The van der Waals surface area contributed by atoms with Gasteiger partial charge in [-0.3, -0.25) is 14.9 Å². The zero-order valence-electron chi connectivity index (χ0n) is 21.0. The second-order valence-corrected chi connectivity index (χ2v) is 10.8. The molecule has 0 unspecified atom stereocenters. The Balaban J connectivity index is 1.59. The molecule has 4 rings (SSSR count). The molecule has 1 heterocycles. The number of halogens is 1. The summed E-state index contributed by atoms with van der Waals surface area (Å²) in [6, 6.07) is 22.0. The number of nitrogens with one attached hydrogen (secondary N) is 1. The van der Waals surface area contributed by atoms with Crippen molar-refractivity contribution >= 4 is 45.1 Å². The summed E-state index contributed by atoms with van der Waals surface area (Å²) < 4.78 is 29.6. The van der Waals surface area contributed by atoms with Gasteiger partial charge in [-0.2, -0.15) is 5.10 Å². The number of hydrogen-bond donors (Lipinski definition) is 1. The molecular formula is C27H24ClN5O5S. The van der Waals surface area contributed by atoms with Crippen molar-refractivity contribution in [2.45, 2.75) is 18.7 Å². The third-order valence-corrected chi connectivity index (χ3v) is 7.94. The maximum atomic E-state index is 13.5. The van der Waals surface area contributed by atoms with Crippen molar-refractivity contribution in [2.24, 2.45) is 5.10 Å². The van der Waals surface area contributed by atoms with Crippen LogP contribution in [0.5, 0.6) is 0 Å². The molecule has 4 aromatic rings. The first-order chi connectivity index (χ1) is 18.6. The second-order valence-electron chi connectivity index (χ2n) is 8.50. The van der Waals surface area contributed by atoms with Crippen LogP contribution in [0.4, 0.5) is 11.4 Å². The number of carbonyl (C=O) groups excluding carboxylic acids is 1. The number of aryl methyl sites for hydroxylation is 1. The van der Waals surface area contributed by atoms with Crippen LogP contribution >= 0.6 is 11.6 Å². The summed E-state index contributed by atoms with van der Waals surface area (Å²) >= 11 is 6.00. The molecule has 0 atom stereocenters. The highest BCUT2D eigenvalue weighted by atomic mass is 35.5. The van der Waals surface area contributed by atoms with E-state index >= 15 is 0 Å². The number of anilines is 1. The van der Waals surface area contributed by atoms with Gasteiger partial charge in [0.05, 0.1) is 16.0 Å². The number of nitro groups is 1. The summed E-state index contributed by atoms with van der Waals surface area (Å²) in [7, 11) is -4.32. The van der Waals surface area contributed by atoms with Crippen LogP contribution in [0.1, 0.15) is 17.0 Å². The van der Waals surface area contributed by atoms with E-state index in [9.17, 15) is 23.3 Å². The van der Waals surface area contributed by atoms with E-state index in [0.717, 1.165) is 22.6 Å². The number of rotatable bonds is 9. The summed E-state index contributed by atoms with van der Waals surface area (Å²) in [5.41, 5.74) is 5.07. The van der Waals surface area contributed by atoms with E-state index in [4.69, 9.17) is 11.6 Å². The lowest BCUT2D eigenvalue weighted by atomic mass is 10.2. The quantitative estimate of drug-likeness (QED) is 0.173. The number of benzene rings is 3. The highest BCUT2D eigenvalue weighted by Crippen LogP contribution is 2.32. The van der Waals surface area contributed by atoms with E-state index in [1.54, 1.807) is 18.2 Å². The van der Waals surface area contributed by atoms with Gasteiger partial charge in [-0.15, -0.1) is 0 Å². The molecule has 0 saturated carbocycles. The van der Waals surface area contributed by atoms with Gasteiger partial charge in [0.2, 0.25) is 0 Å². The highest BCUT2D eigenvalue weighted by Gasteiger charge is 2.31. The number of hydrazone groups is 1. The highest BCUT2D eigenvalue weighted by molar-refractivity contribution is 7.92. The molecule has 200 valence electrons. The molecule has 1 aromatic heterocycles. The molecule has 0 spiro atoms. The van der Waals surface area contributed by atoms with Crippen LogP contribution in [0.15, 0.2) is 94.9 Å². The monoisotopic (exact) mass is 565 g/mol. The first-order valence-corrected chi connectivity index (χ1v) is 13.5. The molecular weight excluding hydrogens is 542 g/mol. The molecule has 1 amide bonds. The summed E-state index contributed by atoms with van der Waals surface area (Å²) in [6.45, 7) is 3.09. The summed E-state index contributed by atoms with van der Waals surface area (Å²) in [5.74, 6) is -0.782. The van der Waals surface area contributed by atoms with Gasteiger partial charge in [-0.05, 0) is 62.4 Å². The Morgan fingerprint density at radius 2 is 1.69 bits per heavy atom. The number of nitro benzene ring substituents is 1. The molecule has 39 heavy (non-hydrogen) atoms. The lowest BCUT2D eigenvalue weighted by Gasteiger charge is -2.23. The van der Waals surface area contributed by atoms with Crippen molar-refractivity contribution in [3.63, 3.8) is 0 Å². The van der Waals surface area contributed by atoms with E-state index in [0.29, 0.717) is 9.33 Å². The minimum atomic E-state index is -4.32. The zero-order chi connectivity index (χ0) is 28.2. The van der Waals surface area contributed by atoms with Gasteiger partial charge in [0.1, 0.15) is 12.2 Å². The molecule has 0 aliphatic heterocycles. The average Bonchev–Trinajstić information content (AvgIpc) is 3.20. The van der Waals surface area contributed by atoms with Gasteiger partial charge < -0.3 is 4.57 Å². The summed E-state index contributed by atoms with van der Waals surface area (Å²) in [5, 5.41) is 16.3. The molecule has 3 aromatic carbocycles. The minimum absolute atomic E-state index is 0.117. The number of aromatic nitrogens is 1. The minimum Gasteiger partial charge on any atom is -0.318 e. The Bertz CT molecular complexity index is 1650. The Labute approximate surface area is 230 Å². The number of carbonyl (C=O) groups is 1. The van der Waals surface area contributed by atoms with E-state index in [1.807, 2.05) is 36.6 Å². The fourth-order valence-corrected chi connectivity index (χ4v) is 5.68. The van der Waals surface area contributed by atoms with Gasteiger partial charge in [-0.1, -0.05) is 41.9 Å². The number of hydrogen-bond acceptors (Lipinski definition) is 6. The van der Waals surface area contributed by atoms with E-state index in [-0.39, 0.29) is 10.6 Å². The molecule has 0 aliphatic carbocycles. The molecule has 10 nitrogen and oxygen atoms in total. The van der Waals surface area contributed by atoms with Crippen molar-refractivity contribution in [1.29, 1.82) is 0 Å². The SMILES string of the molecule is Cc1cc(/C=N/NC(=O)CN(c2ccccc2[N+](=O)[O-])S(=O)(=O)c2ccccc2)c(C)n1-c1ccc(Cl)cc1. The second kappa shape index (κ2) is 11.5. The lowest BCUT2D eigenvalue weighted by Crippen LogP contribution is -2.39. The first kappa shape index (κ1) is 27.6. The van der Waals surface area contributed by atoms with E-state index in [1.165, 1.54) is 54.7 Å². The smallest absolute Gasteiger partial charge is 0.293 e. The van der Waals surface area contributed by atoms with Gasteiger partial charge in [0, 0.05) is 33.7 Å². The normalized spacial score (nSPS) is 11.5. The van der Waals surface area contributed by atoms with Crippen molar-refractivity contribution in [3.8, 4) is 5.69 Å².